The Morgan fingerprint density at radius 3 is 2.59 bits per heavy atom. The number of piperidine rings is 1. The van der Waals surface area contributed by atoms with E-state index in [1.165, 1.54) is 30.7 Å². The van der Waals surface area contributed by atoms with Crippen LogP contribution in [0.1, 0.15) is 42.5 Å². The molecule has 2 aliphatic rings. The molecule has 1 aromatic heterocycles. The van der Waals surface area contributed by atoms with Gasteiger partial charge in [0.25, 0.3) is 0 Å². The van der Waals surface area contributed by atoms with Gasteiger partial charge >= 0.3 is 6.18 Å². The summed E-state index contributed by atoms with van der Waals surface area (Å²) in [6.07, 6.45) is -2.54. The molecule has 2 aliphatic heterocycles. The lowest BCUT2D eigenvalue weighted by Gasteiger charge is -2.35. The predicted octanol–water partition coefficient (Wildman–Crippen LogP) is 5.90. The maximum absolute atomic E-state index is 14.5. The number of imidazole rings is 1. The van der Waals surface area contributed by atoms with E-state index in [9.17, 15) is 22.4 Å². The molecule has 214 valence electrons. The number of alkyl halides is 3. The number of hydrogen-bond donors (Lipinski definition) is 3. The minimum Gasteiger partial charge on any atom is -0.384 e. The van der Waals surface area contributed by atoms with Crippen LogP contribution >= 0.6 is 0 Å². The Morgan fingerprint density at radius 1 is 1.07 bits per heavy atom. The highest BCUT2D eigenvalue weighted by molar-refractivity contribution is 5.93. The second kappa shape index (κ2) is 10.3. The summed E-state index contributed by atoms with van der Waals surface area (Å²) in [6.45, 7) is 3.47. The van der Waals surface area contributed by atoms with Gasteiger partial charge in [0.2, 0.25) is 11.5 Å². The SMILES string of the molecule is CC(=O)Nc1ccc(C(F)(F)F)cc1N1CCC(n2c(=N)n(Cc3cccc4c3CCN4)c3ccc(F)cc32)CC1. The molecule has 1 amide bonds. The minimum atomic E-state index is -4.52. The van der Waals surface area contributed by atoms with Crippen molar-refractivity contribution in [1.82, 2.24) is 9.13 Å². The number of amides is 1. The first-order chi connectivity index (χ1) is 19.6. The molecule has 0 saturated carbocycles. The average Bonchev–Trinajstić information content (AvgIpc) is 3.51. The first kappa shape index (κ1) is 26.9. The first-order valence-corrected chi connectivity index (χ1v) is 13.6. The van der Waals surface area contributed by atoms with Gasteiger partial charge in [0, 0.05) is 38.3 Å². The number of hydrogen-bond acceptors (Lipinski definition) is 4. The maximum Gasteiger partial charge on any atom is 0.416 e. The number of rotatable bonds is 5. The predicted molar refractivity (Wildman–Crippen MR) is 150 cm³/mol. The minimum absolute atomic E-state index is 0.150. The quantitative estimate of drug-likeness (QED) is 0.264. The Kier molecular flexibility index (Phi) is 6.75. The molecule has 11 heteroatoms. The van der Waals surface area contributed by atoms with Gasteiger partial charge in [-0.05, 0) is 72.9 Å². The molecule has 3 N–H and O–H groups in total. The summed E-state index contributed by atoms with van der Waals surface area (Å²) in [6, 6.07) is 13.8. The van der Waals surface area contributed by atoms with Crippen LogP contribution in [-0.4, -0.2) is 34.7 Å². The van der Waals surface area contributed by atoms with Crippen molar-refractivity contribution in [2.24, 2.45) is 0 Å². The van der Waals surface area contributed by atoms with Gasteiger partial charge in [0.15, 0.2) is 0 Å². The van der Waals surface area contributed by atoms with Crippen LogP contribution in [0.4, 0.5) is 34.6 Å². The summed E-state index contributed by atoms with van der Waals surface area (Å²) in [5.74, 6) is -0.764. The molecule has 7 nitrogen and oxygen atoms in total. The van der Waals surface area contributed by atoms with Crippen molar-refractivity contribution < 1.29 is 22.4 Å². The normalized spacial score (nSPS) is 15.7. The van der Waals surface area contributed by atoms with Gasteiger partial charge < -0.3 is 24.7 Å². The van der Waals surface area contributed by atoms with Crippen molar-refractivity contribution in [2.75, 3.05) is 35.2 Å². The number of fused-ring (bicyclic) bond motifs is 2. The highest BCUT2D eigenvalue weighted by atomic mass is 19.4. The Hall–Kier alpha value is -4.28. The molecule has 41 heavy (non-hydrogen) atoms. The van der Waals surface area contributed by atoms with E-state index < -0.39 is 17.6 Å². The molecule has 3 heterocycles. The van der Waals surface area contributed by atoms with Crippen LogP contribution in [0.5, 0.6) is 0 Å². The van der Waals surface area contributed by atoms with Crippen LogP contribution in [0.3, 0.4) is 0 Å². The van der Waals surface area contributed by atoms with Crippen molar-refractivity contribution in [3.8, 4) is 0 Å². The van der Waals surface area contributed by atoms with Gasteiger partial charge in [0.1, 0.15) is 5.82 Å². The van der Waals surface area contributed by atoms with E-state index in [0.717, 1.165) is 41.9 Å². The maximum atomic E-state index is 14.5. The third-order valence-electron chi connectivity index (χ3n) is 8.07. The van der Waals surface area contributed by atoms with Crippen LogP contribution in [0.2, 0.25) is 0 Å². The number of aromatic nitrogens is 2. The fourth-order valence-corrected chi connectivity index (χ4v) is 6.17. The lowest BCUT2D eigenvalue weighted by molar-refractivity contribution is -0.137. The van der Waals surface area contributed by atoms with Gasteiger partial charge in [0.05, 0.1) is 34.5 Å². The van der Waals surface area contributed by atoms with Crippen LogP contribution in [0.25, 0.3) is 11.0 Å². The smallest absolute Gasteiger partial charge is 0.384 e. The Balaban J connectivity index is 1.32. The molecule has 4 aromatic rings. The zero-order valence-electron chi connectivity index (χ0n) is 22.5. The zero-order chi connectivity index (χ0) is 28.9. The fourth-order valence-electron chi connectivity index (χ4n) is 6.17. The van der Waals surface area contributed by atoms with Crippen LogP contribution in [0.15, 0.2) is 54.6 Å². The summed E-state index contributed by atoms with van der Waals surface area (Å²) in [7, 11) is 0. The van der Waals surface area contributed by atoms with E-state index in [0.29, 0.717) is 49.4 Å². The van der Waals surface area contributed by atoms with Gasteiger partial charge in [-0.2, -0.15) is 13.2 Å². The van der Waals surface area contributed by atoms with Crippen LogP contribution in [0, 0.1) is 11.2 Å². The van der Waals surface area contributed by atoms with Crippen LogP contribution < -0.4 is 21.2 Å². The lowest BCUT2D eigenvalue weighted by Crippen LogP contribution is -2.38. The van der Waals surface area contributed by atoms with Crippen LogP contribution in [-0.2, 0) is 23.9 Å². The highest BCUT2D eigenvalue weighted by Crippen LogP contribution is 2.38. The topological polar surface area (TPSA) is 78.1 Å². The van der Waals surface area contributed by atoms with Gasteiger partial charge in [-0.15, -0.1) is 0 Å². The Bertz CT molecular complexity index is 1700. The molecule has 6 rings (SSSR count). The van der Waals surface area contributed by atoms with E-state index >= 15 is 0 Å². The largest absolute Gasteiger partial charge is 0.416 e. The summed E-state index contributed by atoms with van der Waals surface area (Å²) in [5, 5.41) is 15.2. The molecular weight excluding hydrogens is 536 g/mol. The standard InChI is InChI=1S/C30H30F4N6O/c1-18(41)37-25-7-5-20(30(32,33)34)15-27(25)38-13-10-22(11-14-38)40-28-16-21(31)6-8-26(28)39(29(40)35)17-19-3-2-4-24-23(19)9-12-36-24/h2-8,15-16,22,35-36H,9-14,17H2,1H3,(H,37,41). The van der Waals surface area contributed by atoms with E-state index in [1.807, 2.05) is 26.2 Å². The Morgan fingerprint density at radius 2 is 1.85 bits per heavy atom. The van der Waals surface area contributed by atoms with Crippen molar-refractivity contribution in [3.05, 3.63) is 82.7 Å². The molecule has 0 spiro atoms. The van der Waals surface area contributed by atoms with Crippen molar-refractivity contribution in [3.63, 3.8) is 0 Å². The monoisotopic (exact) mass is 566 g/mol. The number of anilines is 3. The summed E-state index contributed by atoms with van der Waals surface area (Å²) >= 11 is 0. The molecule has 3 aromatic carbocycles. The molecule has 1 fully saturated rings. The summed E-state index contributed by atoms with van der Waals surface area (Å²) in [4.78, 5) is 13.6. The molecule has 0 aliphatic carbocycles. The number of carbonyl (C=O) groups is 1. The third kappa shape index (κ3) is 5.05. The molecule has 1 saturated heterocycles. The van der Waals surface area contributed by atoms with E-state index in [1.54, 1.807) is 6.07 Å². The molecule has 0 bridgehead atoms. The second-order valence-electron chi connectivity index (χ2n) is 10.7. The van der Waals surface area contributed by atoms with Crippen molar-refractivity contribution in [2.45, 2.75) is 44.9 Å². The number of carbonyl (C=O) groups excluding carboxylic acids is 1. The van der Waals surface area contributed by atoms with E-state index in [4.69, 9.17) is 5.41 Å². The number of nitrogens with one attached hydrogen (secondary N) is 3. The highest BCUT2D eigenvalue weighted by Gasteiger charge is 2.33. The molecule has 0 radical (unpaired) electrons. The summed E-state index contributed by atoms with van der Waals surface area (Å²) in [5.41, 5.74) is 4.92. The van der Waals surface area contributed by atoms with Gasteiger partial charge in [-0.25, -0.2) is 4.39 Å². The fraction of sp³-hybridized carbons (Fsp3) is 0.333. The number of halogens is 4. The lowest BCUT2D eigenvalue weighted by atomic mass is 10.0. The molecule has 0 unspecified atom stereocenters. The van der Waals surface area contributed by atoms with E-state index in [-0.39, 0.29) is 17.6 Å². The molecular formula is C30H30F4N6O. The molecule has 0 atom stereocenters. The van der Waals surface area contributed by atoms with Gasteiger partial charge in [-0.3, -0.25) is 10.2 Å². The zero-order valence-corrected chi connectivity index (χ0v) is 22.5. The van der Waals surface area contributed by atoms with Crippen molar-refractivity contribution in [1.29, 1.82) is 5.41 Å². The Labute approximate surface area is 233 Å². The third-order valence-corrected chi connectivity index (χ3v) is 8.07. The number of benzene rings is 3. The number of nitrogens with zero attached hydrogens (tertiary/aromatic N) is 3. The van der Waals surface area contributed by atoms with E-state index in [2.05, 4.69) is 16.7 Å². The average molecular weight is 567 g/mol. The first-order valence-electron chi connectivity index (χ1n) is 13.6. The summed E-state index contributed by atoms with van der Waals surface area (Å²) < 4.78 is 58.7. The van der Waals surface area contributed by atoms with Gasteiger partial charge in [-0.1, -0.05) is 12.1 Å². The van der Waals surface area contributed by atoms with Crippen molar-refractivity contribution >= 4 is 34.0 Å². The second-order valence-corrected chi connectivity index (χ2v) is 10.7.